The minimum absolute atomic E-state index is 0.0797. The molecule has 1 aliphatic rings. The molecule has 3 aromatic rings. The zero-order chi connectivity index (χ0) is 24.5. The molecule has 0 radical (unpaired) electrons. The number of rotatable bonds is 5. The van der Waals surface area contributed by atoms with Crippen LogP contribution in [0.5, 0.6) is 11.5 Å². The highest BCUT2D eigenvalue weighted by molar-refractivity contribution is 5.88. The summed E-state index contributed by atoms with van der Waals surface area (Å²) >= 11 is 0. The lowest BCUT2D eigenvalue weighted by Crippen LogP contribution is -2.46. The van der Waals surface area contributed by atoms with Crippen molar-refractivity contribution in [2.45, 2.75) is 52.2 Å². The Balaban J connectivity index is 1.54. The SMILES string of the molecule is CCC1CN(c2cc(=O)n(C)c3ccc(C#N)nc23)CC[C@H]1Oc1ccc(OC(C)(C)C)cc1. The first-order valence-electron chi connectivity index (χ1n) is 11.8. The quantitative estimate of drug-likeness (QED) is 0.551. The summed E-state index contributed by atoms with van der Waals surface area (Å²) in [5.74, 6) is 1.94. The van der Waals surface area contributed by atoms with Gasteiger partial charge in [0.05, 0.1) is 11.2 Å². The van der Waals surface area contributed by atoms with E-state index in [-0.39, 0.29) is 23.2 Å². The molecule has 1 fully saturated rings. The molecule has 2 atom stereocenters. The molecule has 4 rings (SSSR count). The number of nitrogens with zero attached hydrogens (tertiary/aromatic N) is 4. The molecule has 7 nitrogen and oxygen atoms in total. The predicted octanol–water partition coefficient (Wildman–Crippen LogP) is 4.67. The van der Waals surface area contributed by atoms with Gasteiger partial charge in [0.15, 0.2) is 0 Å². The van der Waals surface area contributed by atoms with Gasteiger partial charge in [-0.25, -0.2) is 4.98 Å². The summed E-state index contributed by atoms with van der Waals surface area (Å²) < 4.78 is 13.9. The lowest BCUT2D eigenvalue weighted by molar-refractivity contribution is 0.109. The molecule has 34 heavy (non-hydrogen) atoms. The fraction of sp³-hybridized carbons (Fsp3) is 0.444. The molecule has 1 unspecified atom stereocenters. The first-order chi connectivity index (χ1) is 16.2. The Hall–Kier alpha value is -3.53. The van der Waals surface area contributed by atoms with Crippen molar-refractivity contribution < 1.29 is 9.47 Å². The number of fused-ring (bicyclic) bond motifs is 1. The van der Waals surface area contributed by atoms with Crippen molar-refractivity contribution in [2.24, 2.45) is 13.0 Å². The smallest absolute Gasteiger partial charge is 0.252 e. The van der Waals surface area contributed by atoms with E-state index in [1.165, 1.54) is 0 Å². The highest BCUT2D eigenvalue weighted by atomic mass is 16.5. The molecule has 7 heteroatoms. The average molecular weight is 461 g/mol. The standard InChI is InChI=1S/C27H32N4O3/c1-6-18-17-31(23-15-25(32)30(5)22-12-7-19(16-28)29-26(22)23)14-13-24(18)33-20-8-10-21(11-9-20)34-27(2,3)4/h7-12,15,18,24H,6,13-14,17H2,1-5H3/t18?,24-/m1/s1. The lowest BCUT2D eigenvalue weighted by atomic mass is 9.91. The largest absolute Gasteiger partial charge is 0.490 e. The Bertz CT molecular complexity index is 1270. The molecule has 1 aromatic carbocycles. The number of aromatic nitrogens is 2. The van der Waals surface area contributed by atoms with E-state index in [1.807, 2.05) is 45.0 Å². The van der Waals surface area contributed by atoms with Crippen LogP contribution in [0.15, 0.2) is 47.3 Å². The third-order valence-corrected chi connectivity index (χ3v) is 6.25. The lowest BCUT2D eigenvalue weighted by Gasteiger charge is -2.39. The van der Waals surface area contributed by atoms with Gasteiger partial charge in [-0.1, -0.05) is 6.92 Å². The monoisotopic (exact) mass is 460 g/mol. The highest BCUT2D eigenvalue weighted by Gasteiger charge is 2.31. The molecule has 1 saturated heterocycles. The molecule has 0 aliphatic carbocycles. The van der Waals surface area contributed by atoms with E-state index in [0.29, 0.717) is 11.2 Å². The predicted molar refractivity (Wildman–Crippen MR) is 134 cm³/mol. The van der Waals surface area contributed by atoms with Gasteiger partial charge in [-0.2, -0.15) is 5.26 Å². The molecule has 2 aromatic heterocycles. The summed E-state index contributed by atoms with van der Waals surface area (Å²) in [5.41, 5.74) is 2.22. The van der Waals surface area contributed by atoms with Crippen LogP contribution >= 0.6 is 0 Å². The van der Waals surface area contributed by atoms with Gasteiger partial charge in [-0.15, -0.1) is 0 Å². The van der Waals surface area contributed by atoms with Crippen molar-refractivity contribution in [1.29, 1.82) is 5.26 Å². The highest BCUT2D eigenvalue weighted by Crippen LogP contribution is 2.32. The van der Waals surface area contributed by atoms with Crippen LogP contribution in [-0.4, -0.2) is 34.3 Å². The van der Waals surface area contributed by atoms with Crippen LogP contribution in [0.2, 0.25) is 0 Å². The van der Waals surface area contributed by atoms with Crippen LogP contribution in [0.4, 0.5) is 5.69 Å². The molecule has 0 bridgehead atoms. The number of hydrogen-bond acceptors (Lipinski definition) is 6. The number of aryl methyl sites for hydroxylation is 1. The van der Waals surface area contributed by atoms with Crippen molar-refractivity contribution in [1.82, 2.24) is 9.55 Å². The second-order valence-electron chi connectivity index (χ2n) is 9.85. The van der Waals surface area contributed by atoms with Crippen LogP contribution in [-0.2, 0) is 7.05 Å². The van der Waals surface area contributed by atoms with E-state index < -0.39 is 0 Å². The fourth-order valence-electron chi connectivity index (χ4n) is 4.51. The molecule has 0 saturated carbocycles. The van der Waals surface area contributed by atoms with Gasteiger partial charge >= 0.3 is 0 Å². The van der Waals surface area contributed by atoms with Gasteiger partial charge in [0, 0.05) is 38.5 Å². The third-order valence-electron chi connectivity index (χ3n) is 6.25. The number of ether oxygens (including phenoxy) is 2. The van der Waals surface area contributed by atoms with Gasteiger partial charge in [0.1, 0.15) is 40.5 Å². The molecule has 0 spiro atoms. The Kier molecular flexibility index (Phi) is 6.52. The maximum absolute atomic E-state index is 12.6. The average Bonchev–Trinajstić information content (AvgIpc) is 2.81. The van der Waals surface area contributed by atoms with Crippen molar-refractivity contribution in [3.63, 3.8) is 0 Å². The summed E-state index contributed by atoms with van der Waals surface area (Å²) in [7, 11) is 1.73. The molecular weight excluding hydrogens is 428 g/mol. The zero-order valence-electron chi connectivity index (χ0n) is 20.5. The fourth-order valence-corrected chi connectivity index (χ4v) is 4.51. The summed E-state index contributed by atoms with van der Waals surface area (Å²) in [6.07, 6.45) is 1.86. The molecule has 0 amide bonds. The number of piperidine rings is 1. The van der Waals surface area contributed by atoms with E-state index in [2.05, 4.69) is 22.9 Å². The number of anilines is 1. The van der Waals surface area contributed by atoms with Gasteiger partial charge in [-0.3, -0.25) is 4.79 Å². The molecule has 178 valence electrons. The zero-order valence-corrected chi connectivity index (χ0v) is 20.5. The van der Waals surface area contributed by atoms with E-state index >= 15 is 0 Å². The van der Waals surface area contributed by atoms with E-state index in [9.17, 15) is 10.1 Å². The van der Waals surface area contributed by atoms with E-state index in [1.54, 1.807) is 29.8 Å². The second-order valence-corrected chi connectivity index (χ2v) is 9.85. The number of hydrogen-bond donors (Lipinski definition) is 0. The number of benzene rings is 1. The van der Waals surface area contributed by atoms with E-state index in [4.69, 9.17) is 9.47 Å². The number of pyridine rings is 2. The van der Waals surface area contributed by atoms with Gasteiger partial charge in [-0.05, 0) is 63.6 Å². The third kappa shape index (κ3) is 5.01. The first-order valence-corrected chi connectivity index (χ1v) is 11.8. The Morgan fingerprint density at radius 3 is 2.50 bits per heavy atom. The summed E-state index contributed by atoms with van der Waals surface area (Å²) in [4.78, 5) is 19.4. The molecular formula is C27H32N4O3. The Morgan fingerprint density at radius 1 is 1.15 bits per heavy atom. The van der Waals surface area contributed by atoms with E-state index in [0.717, 1.165) is 48.6 Å². The van der Waals surface area contributed by atoms with Crippen LogP contribution < -0.4 is 19.9 Å². The molecule has 1 aliphatic heterocycles. The summed E-state index contributed by atoms with van der Waals surface area (Å²) in [5, 5.41) is 9.33. The van der Waals surface area contributed by atoms with Gasteiger partial charge in [0.25, 0.3) is 5.56 Å². The van der Waals surface area contributed by atoms with Gasteiger partial charge in [0.2, 0.25) is 0 Å². The van der Waals surface area contributed by atoms with Crippen LogP contribution in [0.25, 0.3) is 11.0 Å². The normalized spacial score (nSPS) is 18.5. The topological polar surface area (TPSA) is 80.4 Å². The maximum Gasteiger partial charge on any atom is 0.252 e. The summed E-state index contributed by atoms with van der Waals surface area (Å²) in [6.45, 7) is 9.75. The molecule has 3 heterocycles. The number of nitriles is 1. The Labute approximate surface area is 200 Å². The van der Waals surface area contributed by atoms with Crippen molar-refractivity contribution in [3.05, 3.63) is 58.5 Å². The van der Waals surface area contributed by atoms with Crippen molar-refractivity contribution in [2.75, 3.05) is 18.0 Å². The van der Waals surface area contributed by atoms with Crippen LogP contribution in [0.1, 0.15) is 46.2 Å². The second kappa shape index (κ2) is 9.38. The van der Waals surface area contributed by atoms with Crippen molar-refractivity contribution >= 4 is 16.7 Å². The van der Waals surface area contributed by atoms with Crippen LogP contribution in [0.3, 0.4) is 0 Å². The minimum Gasteiger partial charge on any atom is -0.490 e. The maximum atomic E-state index is 12.6. The van der Waals surface area contributed by atoms with Crippen LogP contribution in [0, 0.1) is 17.2 Å². The minimum atomic E-state index is -0.242. The van der Waals surface area contributed by atoms with Crippen molar-refractivity contribution in [3.8, 4) is 17.6 Å². The first kappa shape index (κ1) is 23.6. The Morgan fingerprint density at radius 2 is 1.85 bits per heavy atom. The van der Waals surface area contributed by atoms with Gasteiger partial charge < -0.3 is 18.9 Å². The molecule has 0 N–H and O–H groups in total. The summed E-state index contributed by atoms with van der Waals surface area (Å²) in [6, 6.07) is 15.0.